The van der Waals surface area contributed by atoms with Crippen LogP contribution in [0.5, 0.6) is 0 Å². The molecule has 2 aromatic heterocycles. The van der Waals surface area contributed by atoms with Gasteiger partial charge in [0.05, 0.1) is 0 Å². The first-order valence-corrected chi connectivity index (χ1v) is 16.3. The summed E-state index contributed by atoms with van der Waals surface area (Å²) in [5.41, 5.74) is 5.47. The molecule has 1 unspecified atom stereocenters. The Kier molecular flexibility index (Phi) is 6.08. The second-order valence-electron chi connectivity index (χ2n) is 8.42. The van der Waals surface area contributed by atoms with Gasteiger partial charge in [0.2, 0.25) is 0 Å². The Hall–Kier alpha value is -2.54. The van der Waals surface area contributed by atoms with E-state index < -0.39 is 33.3 Å². The summed E-state index contributed by atoms with van der Waals surface area (Å²) >= 11 is -1.82. The second-order valence-corrected chi connectivity index (χ2v) is 16.5. The van der Waals surface area contributed by atoms with E-state index in [0.717, 1.165) is 53.3 Å². The van der Waals surface area contributed by atoms with Crippen LogP contribution in [-0.2, 0) is 32.2 Å². The normalized spacial score (nSPS) is 15.3. The van der Waals surface area contributed by atoms with Crippen LogP contribution >= 0.6 is 0 Å². The predicted octanol–water partition coefficient (Wildman–Crippen LogP) is 3.84. The molecule has 0 fully saturated rings. The maximum absolute atomic E-state index is 13.3. The molecule has 0 radical (unpaired) electrons. The van der Waals surface area contributed by atoms with E-state index >= 15 is 0 Å². The van der Waals surface area contributed by atoms with Crippen molar-refractivity contribution in [1.29, 1.82) is 0 Å². The van der Waals surface area contributed by atoms with Crippen molar-refractivity contribution in [3.63, 3.8) is 0 Å². The van der Waals surface area contributed by atoms with Crippen molar-refractivity contribution in [2.24, 2.45) is 0 Å². The fourth-order valence-electron chi connectivity index (χ4n) is 4.63. The van der Waals surface area contributed by atoms with E-state index in [1.807, 2.05) is 36.5 Å². The van der Waals surface area contributed by atoms with Gasteiger partial charge in [-0.2, -0.15) is 0 Å². The zero-order valence-corrected chi connectivity index (χ0v) is 20.8. The number of hydroxylamine groups is 1. The molecule has 33 heavy (non-hydrogen) atoms. The van der Waals surface area contributed by atoms with E-state index in [2.05, 4.69) is 4.98 Å². The van der Waals surface area contributed by atoms with Crippen LogP contribution in [-0.4, -0.2) is 39.1 Å². The number of hydrogen-bond acceptors (Lipinski definition) is 5. The number of aromatic amines is 1. The summed E-state index contributed by atoms with van der Waals surface area (Å²) in [4.78, 5) is 15.8. The van der Waals surface area contributed by atoms with Crippen LogP contribution < -0.4 is 5.48 Å². The van der Waals surface area contributed by atoms with E-state index in [0.29, 0.717) is 18.4 Å². The van der Waals surface area contributed by atoms with Gasteiger partial charge in [0.15, 0.2) is 0 Å². The zero-order chi connectivity index (χ0) is 23.0. The molecule has 0 saturated heterocycles. The fraction of sp³-hybridized carbons (Fsp3) is 0.292. The zero-order valence-electron chi connectivity index (χ0n) is 17.9. The third kappa shape index (κ3) is 4.35. The fourth-order valence-corrected chi connectivity index (χ4v) is 11.7. The molecule has 1 amide bonds. The van der Waals surface area contributed by atoms with Gasteiger partial charge < -0.3 is 0 Å². The summed E-state index contributed by atoms with van der Waals surface area (Å²) in [5, 5.41) is 11.3. The number of carbonyl (C=O) groups is 1. The first-order valence-electron chi connectivity index (χ1n) is 11.0. The summed E-state index contributed by atoms with van der Waals surface area (Å²) in [6, 6.07) is 12.9. The van der Waals surface area contributed by atoms with Crippen molar-refractivity contribution in [3.8, 4) is 0 Å². The Labute approximate surface area is 197 Å². The number of carbonyl (C=O) groups excluding carboxylic acids is 1. The number of aryl methyl sites for hydroxylation is 3. The van der Waals surface area contributed by atoms with Crippen molar-refractivity contribution >= 4 is 50.5 Å². The number of amides is 1. The molecule has 2 aromatic carbocycles. The molecule has 1 aliphatic carbocycles. The Balaban J connectivity index is 1.38. The quantitative estimate of drug-likeness (QED) is 0.192. The minimum atomic E-state index is -3.66. The molecule has 172 valence electrons. The first kappa shape index (κ1) is 22.3. The monoisotopic (exact) mass is 528 g/mol. The number of H-pyrrole nitrogens is 1. The number of furan rings is 1. The number of benzene rings is 2. The minimum absolute atomic E-state index is 0.184. The predicted molar refractivity (Wildman–Crippen MR) is 127 cm³/mol. The Morgan fingerprint density at radius 1 is 1.15 bits per heavy atom. The summed E-state index contributed by atoms with van der Waals surface area (Å²) < 4.78 is 31.7. The van der Waals surface area contributed by atoms with Crippen LogP contribution in [0, 0.1) is 0 Å². The van der Waals surface area contributed by atoms with Gasteiger partial charge in [-0.25, -0.2) is 0 Å². The van der Waals surface area contributed by atoms with Crippen LogP contribution in [0.3, 0.4) is 0 Å². The number of hydrogen-bond donors (Lipinski definition) is 3. The number of fused-ring (bicyclic) bond motifs is 4. The molecule has 2 atom stereocenters. The van der Waals surface area contributed by atoms with Gasteiger partial charge in [-0.3, -0.25) is 0 Å². The van der Waals surface area contributed by atoms with E-state index in [1.165, 1.54) is 5.56 Å². The second kappa shape index (κ2) is 9.01. The molecule has 9 heteroatoms. The van der Waals surface area contributed by atoms with Crippen LogP contribution in [0.1, 0.15) is 36.1 Å². The molecule has 0 aliphatic heterocycles. The van der Waals surface area contributed by atoms with Crippen LogP contribution in [0.4, 0.5) is 0 Å². The molecule has 7 nitrogen and oxygen atoms in total. The van der Waals surface area contributed by atoms with Crippen molar-refractivity contribution in [3.05, 3.63) is 65.5 Å². The van der Waals surface area contributed by atoms with Gasteiger partial charge in [0.25, 0.3) is 0 Å². The van der Waals surface area contributed by atoms with Crippen molar-refractivity contribution in [2.45, 2.75) is 48.1 Å². The van der Waals surface area contributed by atoms with E-state index in [-0.39, 0.29) is 4.90 Å². The van der Waals surface area contributed by atoms with E-state index in [4.69, 9.17) is 4.42 Å². The molecular formula is C24H25AsN2O5S. The Bertz CT molecular complexity index is 1440. The summed E-state index contributed by atoms with van der Waals surface area (Å²) in [7, 11) is -3.66. The third-order valence-corrected chi connectivity index (χ3v) is 14.2. The number of nitrogens with one attached hydrogen (secondary N) is 2. The van der Waals surface area contributed by atoms with Gasteiger partial charge in [-0.05, 0) is 0 Å². The summed E-state index contributed by atoms with van der Waals surface area (Å²) in [5.74, 6) is 0.311. The molecule has 2 heterocycles. The van der Waals surface area contributed by atoms with Crippen molar-refractivity contribution in [2.75, 3.05) is 0 Å². The van der Waals surface area contributed by atoms with Gasteiger partial charge in [-0.15, -0.1) is 0 Å². The molecular weight excluding hydrogens is 503 g/mol. The number of aromatic nitrogens is 1. The SMILES string of the molecule is O=C(NO)[C@H](CCc1c[nH]c2ccccc12)[AsH]S(=O)(=O)c1ccc2c3c(oc2c1)CCCC3. The number of rotatable bonds is 7. The van der Waals surface area contributed by atoms with Crippen LogP contribution in [0.2, 0.25) is 4.71 Å². The van der Waals surface area contributed by atoms with Crippen LogP contribution in [0.25, 0.3) is 21.9 Å². The van der Waals surface area contributed by atoms with Gasteiger partial charge in [0.1, 0.15) is 0 Å². The van der Waals surface area contributed by atoms with E-state index in [9.17, 15) is 18.4 Å². The Morgan fingerprint density at radius 2 is 1.97 bits per heavy atom. The molecule has 0 bridgehead atoms. The Morgan fingerprint density at radius 3 is 2.82 bits per heavy atom. The van der Waals surface area contributed by atoms with Gasteiger partial charge in [-0.1, -0.05) is 0 Å². The maximum atomic E-state index is 13.3. The van der Waals surface area contributed by atoms with Crippen molar-refractivity contribution in [1.82, 2.24) is 10.5 Å². The molecule has 0 saturated carbocycles. The third-order valence-electron chi connectivity index (χ3n) is 6.34. The first-order chi connectivity index (χ1) is 16.0. The standard InChI is InChI=1S/C24H25AsN2O5S/c28-24(27-29)20(12-9-15-14-26-21-7-3-1-5-17(15)21)25-33(30,31)16-10-11-19-18-6-2-4-8-22(18)32-23(19)13-16/h1,3,5,7,10-11,13-14,20,25-26,29H,2,4,6,8-9,12H2,(H,27,28)/t20-/m0/s1. The van der Waals surface area contributed by atoms with Gasteiger partial charge >= 0.3 is 197 Å². The van der Waals surface area contributed by atoms with Crippen molar-refractivity contribution < 1.29 is 22.8 Å². The summed E-state index contributed by atoms with van der Waals surface area (Å²) in [6.07, 6.45) is 6.79. The topological polar surface area (TPSA) is 112 Å². The molecule has 4 aromatic rings. The number of para-hydroxylation sites is 1. The molecule has 5 rings (SSSR count). The van der Waals surface area contributed by atoms with Gasteiger partial charge in [0, 0.05) is 0 Å². The average Bonchev–Trinajstić information content (AvgIpc) is 3.42. The van der Waals surface area contributed by atoms with Crippen LogP contribution in [0.15, 0.2) is 58.0 Å². The summed E-state index contributed by atoms with van der Waals surface area (Å²) in [6.45, 7) is 0. The molecule has 0 spiro atoms. The van der Waals surface area contributed by atoms with E-state index in [1.54, 1.807) is 17.6 Å². The molecule has 3 N–H and O–H groups in total. The molecule has 1 aliphatic rings. The average molecular weight is 528 g/mol.